The van der Waals surface area contributed by atoms with Crippen LogP contribution in [0.25, 0.3) is 0 Å². The van der Waals surface area contributed by atoms with Gasteiger partial charge in [-0.1, -0.05) is 25.5 Å². The molecule has 22 heavy (non-hydrogen) atoms. The molecular weight excluding hydrogens is 298 g/mol. The summed E-state index contributed by atoms with van der Waals surface area (Å²) >= 11 is 0. The smallest absolute Gasteiger partial charge is 0.240 e. The van der Waals surface area contributed by atoms with Gasteiger partial charge in [-0.25, -0.2) is 13.1 Å². The second-order valence-corrected chi connectivity index (χ2v) is 7.99. The van der Waals surface area contributed by atoms with Gasteiger partial charge < -0.3 is 11.1 Å². The average Bonchev–Trinajstić information content (AvgIpc) is 3.23. The Labute approximate surface area is 132 Å². The number of hydrogen-bond donors (Lipinski definition) is 3. The Morgan fingerprint density at radius 2 is 2.14 bits per heavy atom. The molecule has 0 spiro atoms. The third-order valence-corrected chi connectivity index (χ3v) is 6.10. The lowest BCUT2D eigenvalue weighted by molar-refractivity contribution is 0.442. The number of benzene rings is 1. The van der Waals surface area contributed by atoms with Gasteiger partial charge in [0.2, 0.25) is 10.0 Å². The molecule has 0 bridgehead atoms. The molecule has 0 aromatic heterocycles. The lowest BCUT2D eigenvalue weighted by atomic mass is 9.90. The summed E-state index contributed by atoms with van der Waals surface area (Å²) in [5, 5.41) is 3.52. The summed E-state index contributed by atoms with van der Waals surface area (Å²) in [6.07, 6.45) is 4.62. The molecule has 6 heteroatoms. The molecule has 2 aliphatic rings. The van der Waals surface area contributed by atoms with Crippen molar-refractivity contribution in [3.8, 4) is 0 Å². The predicted molar refractivity (Wildman–Crippen MR) is 89.1 cm³/mol. The van der Waals surface area contributed by atoms with Gasteiger partial charge in [-0.3, -0.25) is 0 Å². The molecule has 5 nitrogen and oxygen atoms in total. The van der Waals surface area contributed by atoms with E-state index in [-0.39, 0.29) is 4.90 Å². The topological polar surface area (TPSA) is 84.2 Å². The number of allylic oxidation sites excluding steroid dienone is 1. The van der Waals surface area contributed by atoms with Crippen LogP contribution in [0.5, 0.6) is 0 Å². The van der Waals surface area contributed by atoms with Crippen molar-refractivity contribution in [2.24, 2.45) is 11.8 Å². The fraction of sp³-hybridized carbons (Fsp3) is 0.500. The van der Waals surface area contributed by atoms with Crippen LogP contribution in [-0.4, -0.2) is 21.0 Å². The Morgan fingerprint density at radius 1 is 1.36 bits per heavy atom. The Bertz CT molecular complexity index is 712. The van der Waals surface area contributed by atoms with Gasteiger partial charge >= 0.3 is 0 Å². The SMILES string of the molecule is CCNS(=O)(=O)c1ccc(NC2C(C)CC=C3CC32)c(N)c1. The normalized spacial score (nSPS) is 27.0. The summed E-state index contributed by atoms with van der Waals surface area (Å²) in [6.45, 7) is 4.35. The fourth-order valence-corrected chi connectivity index (χ4v) is 4.28. The third-order valence-electron chi connectivity index (χ3n) is 4.56. The zero-order valence-corrected chi connectivity index (χ0v) is 13.8. The van der Waals surface area contributed by atoms with Crippen LogP contribution in [0.1, 0.15) is 26.7 Å². The van der Waals surface area contributed by atoms with Crippen molar-refractivity contribution in [3.05, 3.63) is 29.8 Å². The van der Waals surface area contributed by atoms with Crippen LogP contribution in [0.3, 0.4) is 0 Å². The van der Waals surface area contributed by atoms with Crippen LogP contribution >= 0.6 is 0 Å². The molecule has 1 aromatic rings. The summed E-state index contributed by atoms with van der Waals surface area (Å²) in [7, 11) is -3.46. The molecule has 0 amide bonds. The maximum Gasteiger partial charge on any atom is 0.240 e. The van der Waals surface area contributed by atoms with Gasteiger partial charge in [-0.15, -0.1) is 0 Å². The van der Waals surface area contributed by atoms with Crippen LogP contribution in [0.15, 0.2) is 34.7 Å². The van der Waals surface area contributed by atoms with Crippen molar-refractivity contribution in [1.29, 1.82) is 0 Å². The zero-order chi connectivity index (χ0) is 15.9. The fourth-order valence-electron chi connectivity index (χ4n) is 3.20. The van der Waals surface area contributed by atoms with Gasteiger partial charge in [-0.2, -0.15) is 0 Å². The summed E-state index contributed by atoms with van der Waals surface area (Å²) in [5.74, 6) is 1.18. The number of rotatable bonds is 5. The molecule has 3 atom stereocenters. The number of fused-ring (bicyclic) bond motifs is 1. The van der Waals surface area contributed by atoms with Gasteiger partial charge in [-0.05, 0) is 37.0 Å². The van der Waals surface area contributed by atoms with Crippen molar-refractivity contribution >= 4 is 21.4 Å². The van der Waals surface area contributed by atoms with Crippen LogP contribution in [0.2, 0.25) is 0 Å². The molecule has 3 rings (SSSR count). The number of sulfonamides is 1. The highest BCUT2D eigenvalue weighted by Gasteiger charge is 2.42. The highest BCUT2D eigenvalue weighted by atomic mass is 32.2. The highest BCUT2D eigenvalue weighted by molar-refractivity contribution is 7.89. The Hall–Kier alpha value is -1.53. The number of nitrogens with two attached hydrogens (primary N) is 1. The Kier molecular flexibility index (Phi) is 3.91. The molecule has 0 saturated heterocycles. The molecule has 1 aromatic carbocycles. The molecule has 4 N–H and O–H groups in total. The van der Waals surface area contributed by atoms with E-state index >= 15 is 0 Å². The molecule has 3 unspecified atom stereocenters. The second-order valence-electron chi connectivity index (χ2n) is 6.22. The molecule has 0 radical (unpaired) electrons. The van der Waals surface area contributed by atoms with Gasteiger partial charge in [0.05, 0.1) is 16.3 Å². The van der Waals surface area contributed by atoms with E-state index < -0.39 is 10.0 Å². The minimum atomic E-state index is -3.46. The minimum absolute atomic E-state index is 0.209. The quantitative estimate of drug-likeness (QED) is 0.574. The van der Waals surface area contributed by atoms with E-state index in [4.69, 9.17) is 5.73 Å². The van der Waals surface area contributed by atoms with E-state index in [1.165, 1.54) is 12.5 Å². The van der Waals surface area contributed by atoms with E-state index in [9.17, 15) is 8.42 Å². The van der Waals surface area contributed by atoms with Gasteiger partial charge in [0.1, 0.15) is 0 Å². The van der Waals surface area contributed by atoms with Crippen molar-refractivity contribution in [3.63, 3.8) is 0 Å². The van der Waals surface area contributed by atoms with E-state index in [0.717, 1.165) is 12.1 Å². The predicted octanol–water partition coefficient (Wildman–Crippen LogP) is 2.33. The molecule has 2 aliphatic carbocycles. The third kappa shape index (κ3) is 2.85. The van der Waals surface area contributed by atoms with Crippen molar-refractivity contribution in [2.45, 2.75) is 37.6 Å². The summed E-state index contributed by atoms with van der Waals surface area (Å²) in [4.78, 5) is 0.209. The number of anilines is 2. The lowest BCUT2D eigenvalue weighted by Gasteiger charge is -2.28. The molecule has 1 saturated carbocycles. The monoisotopic (exact) mass is 321 g/mol. The van der Waals surface area contributed by atoms with Crippen LogP contribution in [0, 0.1) is 11.8 Å². The number of nitrogens with one attached hydrogen (secondary N) is 2. The molecule has 120 valence electrons. The summed E-state index contributed by atoms with van der Waals surface area (Å²) in [6, 6.07) is 5.29. The summed E-state index contributed by atoms with van der Waals surface area (Å²) < 4.78 is 26.5. The van der Waals surface area contributed by atoms with Crippen LogP contribution in [0.4, 0.5) is 11.4 Å². The van der Waals surface area contributed by atoms with Crippen molar-refractivity contribution in [2.75, 3.05) is 17.6 Å². The molecular formula is C16H23N3O2S. The minimum Gasteiger partial charge on any atom is -0.397 e. The zero-order valence-electron chi connectivity index (χ0n) is 13.0. The maximum absolute atomic E-state index is 12.0. The Morgan fingerprint density at radius 3 is 2.82 bits per heavy atom. The summed E-state index contributed by atoms with van der Waals surface area (Å²) in [5.41, 5.74) is 8.90. The second kappa shape index (κ2) is 5.59. The number of nitrogen functional groups attached to an aromatic ring is 1. The van der Waals surface area contributed by atoms with E-state index in [1.807, 2.05) is 0 Å². The standard InChI is InChI=1S/C16H23N3O2S/c1-3-18-22(20,21)12-6-7-15(14(17)9-12)19-16-10(2)4-5-11-8-13(11)16/h5-7,9-10,13,16,18-19H,3-4,8,17H2,1-2H3. The van der Waals surface area contributed by atoms with E-state index in [2.05, 4.69) is 23.0 Å². The van der Waals surface area contributed by atoms with Gasteiger partial charge in [0.15, 0.2) is 0 Å². The Balaban J connectivity index is 1.80. The first-order chi connectivity index (χ1) is 10.4. The lowest BCUT2D eigenvalue weighted by Crippen LogP contribution is -2.31. The van der Waals surface area contributed by atoms with E-state index in [0.29, 0.717) is 30.1 Å². The molecule has 0 aliphatic heterocycles. The maximum atomic E-state index is 12.0. The van der Waals surface area contributed by atoms with Crippen molar-refractivity contribution < 1.29 is 8.42 Å². The largest absolute Gasteiger partial charge is 0.397 e. The molecule has 1 fully saturated rings. The van der Waals surface area contributed by atoms with E-state index in [1.54, 1.807) is 24.6 Å². The average molecular weight is 321 g/mol. The van der Waals surface area contributed by atoms with Crippen LogP contribution in [-0.2, 0) is 10.0 Å². The number of hydrogen-bond acceptors (Lipinski definition) is 4. The van der Waals surface area contributed by atoms with Crippen LogP contribution < -0.4 is 15.8 Å². The molecule has 0 heterocycles. The van der Waals surface area contributed by atoms with Crippen molar-refractivity contribution in [1.82, 2.24) is 4.72 Å². The van der Waals surface area contributed by atoms with Gasteiger partial charge in [0.25, 0.3) is 0 Å². The first kappa shape index (κ1) is 15.4. The first-order valence-electron chi connectivity index (χ1n) is 7.77. The first-order valence-corrected chi connectivity index (χ1v) is 9.25. The van der Waals surface area contributed by atoms with Gasteiger partial charge in [0, 0.05) is 18.5 Å². The highest BCUT2D eigenvalue weighted by Crippen LogP contribution is 2.48.